The van der Waals surface area contributed by atoms with Crippen LogP contribution in [-0.4, -0.2) is 48.4 Å². The summed E-state index contributed by atoms with van der Waals surface area (Å²) in [7, 11) is -7.63. The Morgan fingerprint density at radius 2 is 1.75 bits per heavy atom. The van der Waals surface area contributed by atoms with Gasteiger partial charge in [-0.1, -0.05) is 24.0 Å². The van der Waals surface area contributed by atoms with Gasteiger partial charge < -0.3 is 17.2 Å². The predicted octanol–water partition coefficient (Wildman–Crippen LogP) is -0.0178. The molecule has 3 rings (SSSR count). The van der Waals surface area contributed by atoms with Crippen molar-refractivity contribution in [2.24, 2.45) is 34.2 Å². The van der Waals surface area contributed by atoms with Crippen LogP contribution >= 0.6 is 0 Å². The monoisotopic (exact) mass is 533 g/mol. The highest BCUT2D eigenvalue weighted by molar-refractivity contribution is 7.90. The molecule has 1 heterocycles. The number of rotatable bonds is 4. The number of aromatic nitrogens is 1. The molecule has 0 bridgehead atoms. The van der Waals surface area contributed by atoms with Gasteiger partial charge in [-0.05, 0) is 30.2 Å². The Morgan fingerprint density at radius 1 is 1.06 bits per heavy atom. The van der Waals surface area contributed by atoms with Crippen molar-refractivity contribution in [2.75, 3.05) is 0 Å². The summed E-state index contributed by atoms with van der Waals surface area (Å²) in [5, 5.41) is -3.43. The van der Waals surface area contributed by atoms with E-state index >= 15 is 0 Å². The first-order chi connectivity index (χ1) is 16.7. The molecule has 0 saturated carbocycles. The summed E-state index contributed by atoms with van der Waals surface area (Å²) in [6.45, 7) is 0. The summed E-state index contributed by atoms with van der Waals surface area (Å²) in [4.78, 5) is 7.81. The summed E-state index contributed by atoms with van der Waals surface area (Å²) in [5.74, 6) is 5.39. The molecule has 12 nitrogen and oxygen atoms in total. The molecule has 2 aromatic rings. The molecule has 8 N–H and O–H groups in total. The number of hydrogen-bond acceptors (Lipinski definition) is 5. The summed E-state index contributed by atoms with van der Waals surface area (Å²) >= 11 is 0. The van der Waals surface area contributed by atoms with Crippen LogP contribution in [0.25, 0.3) is 11.1 Å². The fourth-order valence-corrected chi connectivity index (χ4v) is 6.24. The van der Waals surface area contributed by atoms with Crippen molar-refractivity contribution < 1.29 is 30.5 Å². The highest BCUT2D eigenvalue weighted by Gasteiger charge is 2.42. The molecule has 36 heavy (non-hydrogen) atoms. The number of guanidine groups is 2. The van der Waals surface area contributed by atoms with Crippen molar-refractivity contribution in [2.45, 2.75) is 23.3 Å². The summed E-state index contributed by atoms with van der Waals surface area (Å²) in [6.07, 6.45) is 4.45. The molecule has 1 aliphatic carbocycles. The molecule has 0 saturated heterocycles. The molecule has 0 amide bonds. The lowest BCUT2D eigenvalue weighted by Crippen LogP contribution is -2.41. The summed E-state index contributed by atoms with van der Waals surface area (Å²) in [5.41, 5.74) is 19.1. The molecule has 0 fully saturated rings. The Hall–Kier alpha value is -3.77. The van der Waals surface area contributed by atoms with Crippen LogP contribution in [0.1, 0.15) is 18.4 Å². The molecule has 1 aromatic carbocycles. The van der Waals surface area contributed by atoms with E-state index in [1.165, 1.54) is 6.08 Å². The van der Waals surface area contributed by atoms with E-state index in [1.807, 2.05) is 36.1 Å². The van der Waals surface area contributed by atoms with E-state index in [9.17, 15) is 25.9 Å². The van der Waals surface area contributed by atoms with Crippen LogP contribution in [-0.2, 0) is 27.3 Å². The van der Waals surface area contributed by atoms with E-state index < -0.39 is 30.7 Å². The number of aryl methyl sites for hydroxylation is 1. The van der Waals surface area contributed by atoms with Gasteiger partial charge in [-0.2, -0.15) is 21.8 Å². The van der Waals surface area contributed by atoms with Crippen LogP contribution in [0.15, 0.2) is 64.4 Å². The van der Waals surface area contributed by atoms with Gasteiger partial charge in [0, 0.05) is 29.2 Å². The zero-order valence-corrected chi connectivity index (χ0v) is 20.7. The van der Waals surface area contributed by atoms with Crippen LogP contribution in [0.2, 0.25) is 0 Å². The number of nitrogens with zero attached hydrogens (tertiary/aromatic N) is 3. The SMILES string of the molecule is C[n+]1cccc(-c2ccc(N=C(N)N=C(N)N)cc2C#CC2=CC[C@H](S(=O)(=O)O)[C@H](S(=O)(=O)O)C2)c1. The molecule has 0 radical (unpaired) electrons. The Morgan fingerprint density at radius 3 is 2.36 bits per heavy atom. The van der Waals surface area contributed by atoms with Gasteiger partial charge in [-0.3, -0.25) is 9.11 Å². The van der Waals surface area contributed by atoms with E-state index in [2.05, 4.69) is 21.8 Å². The van der Waals surface area contributed by atoms with Gasteiger partial charge >= 0.3 is 0 Å². The fourth-order valence-electron chi connectivity index (χ4n) is 3.70. The lowest BCUT2D eigenvalue weighted by atomic mass is 9.97. The van der Waals surface area contributed by atoms with Gasteiger partial charge in [0.25, 0.3) is 20.2 Å². The molecular weight excluding hydrogens is 508 g/mol. The largest absolute Gasteiger partial charge is 0.370 e. The van der Waals surface area contributed by atoms with Gasteiger partial charge in [0.2, 0.25) is 5.96 Å². The van der Waals surface area contributed by atoms with Gasteiger partial charge in [0.05, 0.1) is 5.69 Å². The van der Waals surface area contributed by atoms with Crippen LogP contribution in [0.5, 0.6) is 0 Å². The maximum Gasteiger partial charge on any atom is 0.269 e. The van der Waals surface area contributed by atoms with Crippen molar-refractivity contribution in [1.29, 1.82) is 0 Å². The molecule has 14 heteroatoms. The Labute approximate surface area is 208 Å². The number of pyridine rings is 1. The van der Waals surface area contributed by atoms with Crippen molar-refractivity contribution in [3.05, 3.63) is 59.9 Å². The summed E-state index contributed by atoms with van der Waals surface area (Å²) < 4.78 is 67.6. The molecule has 0 aliphatic heterocycles. The van der Waals surface area contributed by atoms with Crippen molar-refractivity contribution in [1.82, 2.24) is 0 Å². The van der Waals surface area contributed by atoms with Gasteiger partial charge in [-0.15, -0.1) is 0 Å². The highest BCUT2D eigenvalue weighted by atomic mass is 32.2. The van der Waals surface area contributed by atoms with Crippen LogP contribution in [0, 0.1) is 11.8 Å². The van der Waals surface area contributed by atoms with E-state index in [0.29, 0.717) is 11.3 Å². The Balaban J connectivity index is 2.09. The minimum atomic E-state index is -4.78. The maximum atomic E-state index is 11.8. The average molecular weight is 534 g/mol. The first kappa shape index (κ1) is 26.8. The van der Waals surface area contributed by atoms with Crippen molar-refractivity contribution in [3.63, 3.8) is 0 Å². The molecular formula is C22H25N6O6S2+. The maximum absolute atomic E-state index is 11.8. The molecule has 0 spiro atoms. The lowest BCUT2D eigenvalue weighted by Gasteiger charge is -2.25. The van der Waals surface area contributed by atoms with Crippen LogP contribution in [0.3, 0.4) is 0 Å². The standard InChI is InChI=1S/C22H24N6O6S2/c1-28-10-2-3-16(13-28)18-8-7-17(26-22(25)27-21(23)24)12-15(18)6-4-14-5-9-19(35(29,30)31)20(11-14)36(32,33)34/h2-3,5,7-8,10,12-13,19-20H,9,11H2,1H3,(H7-,23,24,25,26,27,29,30,31,32,33,34)/p+1/t19-,20+/m0/s1. The van der Waals surface area contributed by atoms with Crippen LogP contribution < -0.4 is 21.8 Å². The van der Waals surface area contributed by atoms with E-state index in [-0.39, 0.29) is 30.3 Å². The fraction of sp³-hybridized carbons (Fsp3) is 0.227. The van der Waals surface area contributed by atoms with E-state index in [0.717, 1.165) is 11.1 Å². The molecule has 1 aromatic heterocycles. The number of allylic oxidation sites excluding steroid dienone is 2. The molecule has 1 aliphatic rings. The normalized spacial score (nSPS) is 18.5. The second-order valence-electron chi connectivity index (χ2n) is 8.02. The number of hydrogen-bond donors (Lipinski definition) is 5. The third-order valence-electron chi connectivity index (χ3n) is 5.30. The topological polar surface area (TPSA) is 215 Å². The average Bonchev–Trinajstić information content (AvgIpc) is 2.76. The molecule has 2 atom stereocenters. The number of nitrogens with two attached hydrogens (primary N) is 3. The second kappa shape index (κ2) is 10.5. The van der Waals surface area contributed by atoms with Crippen molar-refractivity contribution >= 4 is 37.8 Å². The molecule has 0 unspecified atom stereocenters. The third kappa shape index (κ3) is 6.89. The summed E-state index contributed by atoms with van der Waals surface area (Å²) in [6, 6.07) is 8.82. The second-order valence-corrected chi connectivity index (χ2v) is 11.3. The lowest BCUT2D eigenvalue weighted by molar-refractivity contribution is -0.671. The first-order valence-corrected chi connectivity index (χ1v) is 13.4. The smallest absolute Gasteiger partial charge is 0.269 e. The third-order valence-corrected chi connectivity index (χ3v) is 8.02. The minimum Gasteiger partial charge on any atom is -0.370 e. The Kier molecular flexibility index (Phi) is 7.80. The number of benzene rings is 1. The Bertz CT molecular complexity index is 1550. The minimum absolute atomic E-state index is 0.171. The zero-order valence-electron chi connectivity index (χ0n) is 19.1. The van der Waals surface area contributed by atoms with Gasteiger partial charge in [0.1, 0.15) is 17.5 Å². The zero-order chi connectivity index (χ0) is 26.7. The quantitative estimate of drug-likeness (QED) is 0.117. The van der Waals surface area contributed by atoms with Crippen molar-refractivity contribution in [3.8, 4) is 23.0 Å². The number of aliphatic imine (C=N–C) groups is 2. The van der Waals surface area contributed by atoms with E-state index in [1.54, 1.807) is 18.2 Å². The first-order valence-electron chi connectivity index (χ1n) is 10.4. The highest BCUT2D eigenvalue weighted by Crippen LogP contribution is 2.30. The predicted molar refractivity (Wildman–Crippen MR) is 135 cm³/mol. The van der Waals surface area contributed by atoms with E-state index in [4.69, 9.17) is 17.2 Å². The molecule has 190 valence electrons. The van der Waals surface area contributed by atoms with Crippen LogP contribution in [0.4, 0.5) is 5.69 Å². The van der Waals surface area contributed by atoms with Gasteiger partial charge in [-0.25, -0.2) is 9.56 Å². The van der Waals surface area contributed by atoms with Gasteiger partial charge in [0.15, 0.2) is 18.4 Å².